The first-order valence-corrected chi connectivity index (χ1v) is 10.1. The molecule has 0 saturated heterocycles. The number of benzene rings is 2. The average molecular weight is 393 g/mol. The van der Waals surface area contributed by atoms with Crippen LogP contribution in [0, 0.1) is 0 Å². The number of nitrogens with one attached hydrogen (secondary N) is 2. The number of aromatic amines is 1. The zero-order valence-electron chi connectivity index (χ0n) is 16.2. The molecule has 6 rings (SSSR count). The van der Waals surface area contributed by atoms with Crippen LogP contribution in [0.15, 0.2) is 71.9 Å². The second-order valence-corrected chi connectivity index (χ2v) is 7.69. The molecule has 0 unspecified atom stereocenters. The summed E-state index contributed by atoms with van der Waals surface area (Å²) < 4.78 is 1.97. The summed E-state index contributed by atoms with van der Waals surface area (Å²) in [5, 5.41) is 4.88. The van der Waals surface area contributed by atoms with Gasteiger partial charge in [-0.15, -0.1) is 0 Å². The molecule has 0 bridgehead atoms. The Balaban J connectivity index is 1.46. The summed E-state index contributed by atoms with van der Waals surface area (Å²) in [5.41, 5.74) is 6.30. The van der Waals surface area contributed by atoms with E-state index in [1.165, 1.54) is 17.5 Å². The van der Waals surface area contributed by atoms with E-state index in [2.05, 4.69) is 33.5 Å². The smallest absolute Gasteiger partial charge is 0.229 e. The molecule has 146 valence electrons. The highest BCUT2D eigenvalue weighted by Gasteiger charge is 2.14. The van der Waals surface area contributed by atoms with Gasteiger partial charge in [0.2, 0.25) is 5.95 Å². The van der Waals surface area contributed by atoms with Gasteiger partial charge in [-0.1, -0.05) is 6.07 Å². The van der Waals surface area contributed by atoms with E-state index in [1.807, 2.05) is 35.0 Å². The van der Waals surface area contributed by atoms with Crippen LogP contribution in [0.3, 0.4) is 0 Å². The minimum atomic E-state index is -0.0808. The Kier molecular flexibility index (Phi) is 3.71. The molecule has 6 nitrogen and oxygen atoms in total. The predicted molar refractivity (Wildman–Crippen MR) is 119 cm³/mol. The summed E-state index contributed by atoms with van der Waals surface area (Å²) in [4.78, 5) is 24.7. The SMILES string of the molecule is O=c1ccn(-c2ccc3c(c2)CCC3)c2nc(Nc3ccc4[nH]ccc4c3)ncc12. The molecule has 2 N–H and O–H groups in total. The van der Waals surface area contributed by atoms with Gasteiger partial charge in [0.15, 0.2) is 11.1 Å². The zero-order chi connectivity index (χ0) is 20.1. The van der Waals surface area contributed by atoms with Crippen molar-refractivity contribution < 1.29 is 0 Å². The first-order valence-electron chi connectivity index (χ1n) is 10.1. The molecule has 5 aromatic rings. The van der Waals surface area contributed by atoms with Crippen molar-refractivity contribution in [1.82, 2.24) is 19.5 Å². The predicted octanol–water partition coefficient (Wildman–Crippen LogP) is 4.49. The largest absolute Gasteiger partial charge is 0.361 e. The number of anilines is 2. The van der Waals surface area contributed by atoms with Gasteiger partial charge in [0.25, 0.3) is 0 Å². The minimum Gasteiger partial charge on any atom is -0.361 e. The molecule has 0 saturated carbocycles. The Bertz CT molecular complexity index is 1480. The number of rotatable bonds is 3. The topological polar surface area (TPSA) is 75.6 Å². The van der Waals surface area contributed by atoms with E-state index in [9.17, 15) is 4.79 Å². The maximum atomic E-state index is 12.4. The summed E-state index contributed by atoms with van der Waals surface area (Å²) in [6.45, 7) is 0. The van der Waals surface area contributed by atoms with Crippen molar-refractivity contribution in [2.45, 2.75) is 19.3 Å². The van der Waals surface area contributed by atoms with Crippen molar-refractivity contribution in [3.63, 3.8) is 0 Å². The van der Waals surface area contributed by atoms with Crippen molar-refractivity contribution in [1.29, 1.82) is 0 Å². The van der Waals surface area contributed by atoms with E-state index in [1.54, 1.807) is 18.5 Å². The van der Waals surface area contributed by atoms with Gasteiger partial charge >= 0.3 is 0 Å². The lowest BCUT2D eigenvalue weighted by Gasteiger charge is -2.13. The van der Waals surface area contributed by atoms with Gasteiger partial charge in [-0.3, -0.25) is 4.79 Å². The number of H-pyrrole nitrogens is 1. The second-order valence-electron chi connectivity index (χ2n) is 7.69. The van der Waals surface area contributed by atoms with E-state index in [-0.39, 0.29) is 5.43 Å². The van der Waals surface area contributed by atoms with Crippen LogP contribution < -0.4 is 10.7 Å². The van der Waals surface area contributed by atoms with Crippen LogP contribution in [0.2, 0.25) is 0 Å². The fraction of sp³-hybridized carbons (Fsp3) is 0.125. The Morgan fingerprint density at radius 3 is 2.90 bits per heavy atom. The highest BCUT2D eigenvalue weighted by Crippen LogP contribution is 2.26. The van der Waals surface area contributed by atoms with Crippen molar-refractivity contribution in [2.24, 2.45) is 0 Å². The molecular weight excluding hydrogens is 374 g/mol. The normalized spacial score (nSPS) is 13.1. The van der Waals surface area contributed by atoms with Gasteiger partial charge in [0.1, 0.15) is 0 Å². The van der Waals surface area contributed by atoms with Crippen LogP contribution in [0.5, 0.6) is 0 Å². The molecule has 30 heavy (non-hydrogen) atoms. The number of nitrogens with zero attached hydrogens (tertiary/aromatic N) is 3. The summed E-state index contributed by atoms with van der Waals surface area (Å²) in [6, 6.07) is 16.1. The molecule has 2 aromatic carbocycles. The van der Waals surface area contributed by atoms with Gasteiger partial charge in [-0.2, -0.15) is 4.98 Å². The number of aryl methyl sites for hydroxylation is 2. The number of aromatic nitrogens is 4. The fourth-order valence-electron chi connectivity index (χ4n) is 4.27. The molecule has 1 aliphatic rings. The molecule has 3 heterocycles. The summed E-state index contributed by atoms with van der Waals surface area (Å²) in [7, 11) is 0. The fourth-order valence-corrected chi connectivity index (χ4v) is 4.27. The third-order valence-electron chi connectivity index (χ3n) is 5.81. The van der Waals surface area contributed by atoms with Crippen molar-refractivity contribution in [3.05, 3.63) is 88.5 Å². The number of hydrogen-bond acceptors (Lipinski definition) is 4. The molecule has 6 heteroatoms. The van der Waals surface area contributed by atoms with E-state index in [0.717, 1.165) is 35.1 Å². The average Bonchev–Trinajstić information content (AvgIpc) is 3.42. The van der Waals surface area contributed by atoms with Crippen LogP contribution in [-0.4, -0.2) is 19.5 Å². The summed E-state index contributed by atoms with van der Waals surface area (Å²) in [6.07, 6.45) is 8.75. The summed E-state index contributed by atoms with van der Waals surface area (Å²) >= 11 is 0. The lowest BCUT2D eigenvalue weighted by atomic mass is 10.1. The van der Waals surface area contributed by atoms with Crippen LogP contribution in [0.25, 0.3) is 27.6 Å². The second kappa shape index (κ2) is 6.56. The molecule has 0 atom stereocenters. The first kappa shape index (κ1) is 17.0. The van der Waals surface area contributed by atoms with Gasteiger partial charge in [-0.05, 0) is 66.8 Å². The molecule has 3 aromatic heterocycles. The molecule has 1 aliphatic carbocycles. The Labute approximate surface area is 172 Å². The van der Waals surface area contributed by atoms with Crippen LogP contribution in [-0.2, 0) is 12.8 Å². The van der Waals surface area contributed by atoms with E-state index in [4.69, 9.17) is 4.98 Å². The quantitative estimate of drug-likeness (QED) is 0.473. The Morgan fingerprint density at radius 1 is 1.00 bits per heavy atom. The minimum absolute atomic E-state index is 0.0808. The van der Waals surface area contributed by atoms with E-state index < -0.39 is 0 Å². The first-order chi connectivity index (χ1) is 14.7. The molecule has 0 radical (unpaired) electrons. The van der Waals surface area contributed by atoms with Gasteiger partial charge in [0.05, 0.1) is 5.39 Å². The number of hydrogen-bond donors (Lipinski definition) is 2. The standard InChI is InChI=1S/C24H19N5O/c30-22-9-11-29(19-6-4-15-2-1-3-16(15)13-19)23-20(22)14-26-24(28-23)27-18-5-7-21-17(12-18)8-10-25-21/h4-14,25H,1-3H2,(H,26,27,28). The lowest BCUT2D eigenvalue weighted by molar-refractivity contribution is 0.911. The molecule has 0 aliphatic heterocycles. The number of fused-ring (bicyclic) bond motifs is 3. The lowest BCUT2D eigenvalue weighted by Crippen LogP contribution is -2.10. The highest BCUT2D eigenvalue weighted by molar-refractivity contribution is 5.84. The molecular formula is C24H19N5O. The third-order valence-corrected chi connectivity index (χ3v) is 5.81. The van der Waals surface area contributed by atoms with Gasteiger partial charge in [0, 0.05) is 46.9 Å². The molecule has 0 amide bonds. The van der Waals surface area contributed by atoms with Gasteiger partial charge < -0.3 is 14.9 Å². The maximum absolute atomic E-state index is 12.4. The number of pyridine rings is 1. The van der Waals surface area contributed by atoms with E-state index >= 15 is 0 Å². The Morgan fingerprint density at radius 2 is 1.93 bits per heavy atom. The van der Waals surface area contributed by atoms with Crippen LogP contribution in [0.4, 0.5) is 11.6 Å². The van der Waals surface area contributed by atoms with Gasteiger partial charge in [-0.25, -0.2) is 4.98 Å². The zero-order valence-corrected chi connectivity index (χ0v) is 16.2. The monoisotopic (exact) mass is 393 g/mol. The maximum Gasteiger partial charge on any atom is 0.229 e. The molecule has 0 fully saturated rings. The molecule has 0 spiro atoms. The van der Waals surface area contributed by atoms with Crippen LogP contribution in [0.1, 0.15) is 17.5 Å². The van der Waals surface area contributed by atoms with Crippen molar-refractivity contribution >= 4 is 33.6 Å². The van der Waals surface area contributed by atoms with Crippen molar-refractivity contribution in [2.75, 3.05) is 5.32 Å². The van der Waals surface area contributed by atoms with E-state index in [0.29, 0.717) is 17.0 Å². The van der Waals surface area contributed by atoms with Crippen LogP contribution >= 0.6 is 0 Å². The highest BCUT2D eigenvalue weighted by atomic mass is 16.1. The summed E-state index contributed by atoms with van der Waals surface area (Å²) in [5.74, 6) is 0.456. The van der Waals surface area contributed by atoms with Crippen molar-refractivity contribution in [3.8, 4) is 5.69 Å². The third kappa shape index (κ3) is 2.76. The Hall–Kier alpha value is -3.93.